The summed E-state index contributed by atoms with van der Waals surface area (Å²) in [7, 11) is 2.02. The van der Waals surface area contributed by atoms with Crippen molar-refractivity contribution in [2.75, 3.05) is 26.7 Å². The van der Waals surface area contributed by atoms with Gasteiger partial charge in [-0.3, -0.25) is 4.79 Å². The third-order valence-electron chi connectivity index (χ3n) is 4.82. The number of nitrogens with one attached hydrogen (secondary N) is 1. The lowest BCUT2D eigenvalue weighted by molar-refractivity contribution is -0.147. The van der Waals surface area contributed by atoms with Crippen LogP contribution in [-0.4, -0.2) is 60.4 Å². The van der Waals surface area contributed by atoms with E-state index in [0.29, 0.717) is 24.9 Å². The zero-order chi connectivity index (χ0) is 12.8. The summed E-state index contributed by atoms with van der Waals surface area (Å²) in [4.78, 5) is 14.3. The largest absolute Gasteiger partial charge is 0.380 e. The molecule has 0 bridgehead atoms. The highest BCUT2D eigenvalue weighted by atomic mass is 16.5. The van der Waals surface area contributed by atoms with Gasteiger partial charge in [-0.1, -0.05) is 0 Å². The second-order valence-electron chi connectivity index (χ2n) is 6.01. The fraction of sp³-hybridized carbons (Fsp3) is 0.923. The first-order chi connectivity index (χ1) is 8.58. The van der Waals surface area contributed by atoms with Crippen molar-refractivity contribution in [2.24, 2.45) is 5.92 Å². The molecule has 2 saturated heterocycles. The van der Waals surface area contributed by atoms with Crippen LogP contribution in [0.15, 0.2) is 0 Å². The second kappa shape index (κ2) is 4.47. The van der Waals surface area contributed by atoms with Gasteiger partial charge in [-0.05, 0) is 32.7 Å². The van der Waals surface area contributed by atoms with Crippen LogP contribution in [-0.2, 0) is 9.53 Å². The minimum Gasteiger partial charge on any atom is -0.380 e. The van der Waals surface area contributed by atoms with Gasteiger partial charge in [-0.25, -0.2) is 0 Å². The van der Waals surface area contributed by atoms with Crippen LogP contribution in [0.1, 0.15) is 25.7 Å². The van der Waals surface area contributed by atoms with E-state index in [4.69, 9.17) is 4.74 Å². The number of carbonyl (C=O) groups excluding carboxylic acids is 1. The van der Waals surface area contributed by atoms with Crippen LogP contribution < -0.4 is 5.32 Å². The number of likely N-dealkylation sites (tertiary alicyclic amines) is 1. The average Bonchev–Trinajstić information content (AvgIpc) is 2.71. The van der Waals surface area contributed by atoms with Crippen LogP contribution in [0.4, 0.5) is 0 Å². The molecule has 0 aromatic carbocycles. The van der Waals surface area contributed by atoms with Crippen molar-refractivity contribution in [3.8, 4) is 0 Å². The van der Waals surface area contributed by atoms with Crippen LogP contribution in [0.25, 0.3) is 0 Å². The Hall–Kier alpha value is -0.650. The molecule has 0 aromatic rings. The molecule has 3 atom stereocenters. The van der Waals surface area contributed by atoms with E-state index in [-0.39, 0.29) is 11.9 Å². The molecule has 0 radical (unpaired) electrons. The molecule has 1 saturated carbocycles. The predicted octanol–water partition coefficient (Wildman–Crippen LogP) is -0.263. The van der Waals surface area contributed by atoms with Crippen LogP contribution in [0.5, 0.6) is 0 Å². The maximum absolute atomic E-state index is 12.2. The number of hydrogen-bond donors (Lipinski definition) is 2. The van der Waals surface area contributed by atoms with Gasteiger partial charge in [0, 0.05) is 31.7 Å². The van der Waals surface area contributed by atoms with E-state index in [1.807, 2.05) is 7.05 Å². The first kappa shape index (κ1) is 12.4. The number of nitrogens with zero attached hydrogens (tertiary/aromatic N) is 1. The fourth-order valence-corrected chi connectivity index (χ4v) is 3.28. The zero-order valence-corrected chi connectivity index (χ0v) is 10.9. The maximum atomic E-state index is 12.2. The highest BCUT2D eigenvalue weighted by molar-refractivity contribution is 5.85. The third kappa shape index (κ3) is 2.04. The number of piperidine rings is 1. The lowest BCUT2D eigenvalue weighted by Gasteiger charge is -2.42. The molecule has 1 amide bonds. The summed E-state index contributed by atoms with van der Waals surface area (Å²) in [5.74, 6) is 0.301. The van der Waals surface area contributed by atoms with Gasteiger partial charge in [-0.2, -0.15) is 0 Å². The summed E-state index contributed by atoms with van der Waals surface area (Å²) in [5, 5.41) is 13.4. The minimum atomic E-state index is -1.16. The maximum Gasteiger partial charge on any atom is 0.252 e. The molecule has 5 heteroatoms. The molecule has 2 N–H and O–H groups in total. The summed E-state index contributed by atoms with van der Waals surface area (Å²) >= 11 is 0. The Balaban J connectivity index is 1.55. The Morgan fingerprint density at radius 1 is 1.44 bits per heavy atom. The highest BCUT2D eigenvalue weighted by Crippen LogP contribution is 2.39. The average molecular weight is 254 g/mol. The smallest absolute Gasteiger partial charge is 0.252 e. The van der Waals surface area contributed by atoms with Crippen molar-refractivity contribution in [3.63, 3.8) is 0 Å². The van der Waals surface area contributed by atoms with Gasteiger partial charge in [0.1, 0.15) is 5.60 Å². The monoisotopic (exact) mass is 254 g/mol. The number of hydrogen-bond acceptors (Lipinski definition) is 4. The normalized spacial score (nSPS) is 38.9. The van der Waals surface area contributed by atoms with Crippen molar-refractivity contribution in [1.82, 2.24) is 10.2 Å². The van der Waals surface area contributed by atoms with Crippen LogP contribution in [0, 0.1) is 5.92 Å². The quantitative estimate of drug-likeness (QED) is 0.712. The topological polar surface area (TPSA) is 61.8 Å². The summed E-state index contributed by atoms with van der Waals surface area (Å²) in [6.45, 7) is 2.38. The molecule has 5 nitrogen and oxygen atoms in total. The van der Waals surface area contributed by atoms with Crippen LogP contribution >= 0.6 is 0 Å². The fourth-order valence-electron chi connectivity index (χ4n) is 3.28. The molecule has 102 valence electrons. The highest BCUT2D eigenvalue weighted by Gasteiger charge is 2.48. The Morgan fingerprint density at radius 2 is 2.17 bits per heavy atom. The van der Waals surface area contributed by atoms with E-state index in [9.17, 15) is 9.90 Å². The summed E-state index contributed by atoms with van der Waals surface area (Å²) in [6, 6.07) is 0.216. The Morgan fingerprint density at radius 3 is 2.83 bits per heavy atom. The first-order valence-electron chi connectivity index (χ1n) is 6.92. The van der Waals surface area contributed by atoms with Crippen molar-refractivity contribution in [3.05, 3.63) is 0 Å². The van der Waals surface area contributed by atoms with Gasteiger partial charge in [0.25, 0.3) is 5.91 Å². The Kier molecular flexibility index (Phi) is 3.08. The molecule has 0 aromatic heterocycles. The molecule has 2 heterocycles. The molecule has 0 spiro atoms. The van der Waals surface area contributed by atoms with E-state index in [0.717, 1.165) is 32.5 Å². The molecule has 2 aliphatic heterocycles. The van der Waals surface area contributed by atoms with E-state index >= 15 is 0 Å². The third-order valence-corrected chi connectivity index (χ3v) is 4.82. The second-order valence-corrected chi connectivity index (χ2v) is 6.01. The standard InChI is InChI=1S/C13H22N2O3/c1-15-5-3-13(17,4-6-15)12(16)14-10-8-11-9(10)2-7-18-11/h9-11,17H,2-8H2,1H3,(H,14,16)/t9-,10-,11+/m1/s1. The molecular formula is C13H22N2O3. The van der Waals surface area contributed by atoms with Crippen LogP contribution in [0.3, 0.4) is 0 Å². The van der Waals surface area contributed by atoms with E-state index in [1.165, 1.54) is 0 Å². The Bertz CT molecular complexity index is 339. The van der Waals surface area contributed by atoms with Crippen molar-refractivity contribution >= 4 is 5.91 Å². The zero-order valence-electron chi connectivity index (χ0n) is 10.9. The lowest BCUT2D eigenvalue weighted by Crippen LogP contribution is -2.60. The molecule has 3 aliphatic rings. The van der Waals surface area contributed by atoms with E-state index < -0.39 is 5.60 Å². The number of amides is 1. The van der Waals surface area contributed by atoms with Gasteiger partial charge in [0.15, 0.2) is 0 Å². The van der Waals surface area contributed by atoms with Gasteiger partial charge < -0.3 is 20.1 Å². The number of carbonyl (C=O) groups is 1. The summed E-state index contributed by atoms with van der Waals surface area (Å²) in [5.41, 5.74) is -1.16. The van der Waals surface area contributed by atoms with Gasteiger partial charge in [-0.15, -0.1) is 0 Å². The SMILES string of the molecule is CN1CCC(O)(C(=O)N[C@@H]2C[C@@H]3OCC[C@@H]32)CC1. The minimum absolute atomic E-state index is 0.175. The summed E-state index contributed by atoms with van der Waals surface area (Å²) < 4.78 is 5.53. The molecule has 0 unspecified atom stereocenters. The van der Waals surface area contributed by atoms with Crippen LogP contribution in [0.2, 0.25) is 0 Å². The van der Waals surface area contributed by atoms with E-state index in [2.05, 4.69) is 10.2 Å². The molecule has 3 fully saturated rings. The molecule has 1 aliphatic carbocycles. The van der Waals surface area contributed by atoms with Crippen molar-refractivity contribution in [1.29, 1.82) is 0 Å². The predicted molar refractivity (Wildman–Crippen MR) is 66.1 cm³/mol. The molecular weight excluding hydrogens is 232 g/mol. The number of rotatable bonds is 2. The van der Waals surface area contributed by atoms with E-state index in [1.54, 1.807) is 0 Å². The molecule has 3 rings (SSSR count). The number of ether oxygens (including phenoxy) is 1. The molecule has 18 heavy (non-hydrogen) atoms. The first-order valence-corrected chi connectivity index (χ1v) is 6.92. The van der Waals surface area contributed by atoms with Gasteiger partial charge in [0.2, 0.25) is 0 Å². The van der Waals surface area contributed by atoms with Crippen molar-refractivity contribution in [2.45, 2.75) is 43.4 Å². The number of fused-ring (bicyclic) bond motifs is 1. The van der Waals surface area contributed by atoms with Gasteiger partial charge in [0.05, 0.1) is 6.10 Å². The lowest BCUT2D eigenvalue weighted by atomic mass is 9.75. The number of aliphatic hydroxyl groups is 1. The Labute approximate surface area is 107 Å². The summed E-state index contributed by atoms with van der Waals surface area (Å²) in [6.07, 6.45) is 3.37. The van der Waals surface area contributed by atoms with Gasteiger partial charge >= 0.3 is 0 Å². The van der Waals surface area contributed by atoms with Crippen molar-refractivity contribution < 1.29 is 14.6 Å².